The zero-order valence-electron chi connectivity index (χ0n) is 11.8. The average molecular weight is 317 g/mol. The van der Waals surface area contributed by atoms with E-state index in [1.807, 2.05) is 13.8 Å². The summed E-state index contributed by atoms with van der Waals surface area (Å²) in [7, 11) is -3.94. The molecule has 9 heteroatoms. The predicted octanol–water partition coefficient (Wildman–Crippen LogP) is 0.952. The van der Waals surface area contributed by atoms with Crippen molar-refractivity contribution in [3.05, 3.63) is 28.3 Å². The first-order chi connectivity index (χ1) is 9.67. The fourth-order valence-electron chi connectivity index (χ4n) is 1.87. The van der Waals surface area contributed by atoms with E-state index in [1.165, 1.54) is 0 Å². The van der Waals surface area contributed by atoms with Crippen molar-refractivity contribution in [3.8, 4) is 5.75 Å². The zero-order chi connectivity index (χ0) is 16.2. The van der Waals surface area contributed by atoms with E-state index in [0.29, 0.717) is 6.42 Å². The summed E-state index contributed by atoms with van der Waals surface area (Å²) in [6.45, 7) is 3.99. The summed E-state index contributed by atoms with van der Waals surface area (Å²) < 4.78 is 26.8. The van der Waals surface area contributed by atoms with Crippen molar-refractivity contribution >= 4 is 15.7 Å². The highest BCUT2D eigenvalue weighted by Gasteiger charge is 2.24. The van der Waals surface area contributed by atoms with Crippen LogP contribution in [0.25, 0.3) is 0 Å². The number of nitro groups is 1. The fraction of sp³-hybridized carbons (Fsp3) is 0.500. The fourth-order valence-corrected chi connectivity index (χ4v) is 3.15. The first-order valence-corrected chi connectivity index (χ1v) is 7.85. The molecule has 1 unspecified atom stereocenters. The van der Waals surface area contributed by atoms with Crippen LogP contribution in [-0.2, 0) is 10.0 Å². The van der Waals surface area contributed by atoms with Gasteiger partial charge in [-0.25, -0.2) is 13.1 Å². The molecule has 0 amide bonds. The van der Waals surface area contributed by atoms with E-state index < -0.39 is 32.4 Å². The predicted molar refractivity (Wildman–Crippen MR) is 77.4 cm³/mol. The van der Waals surface area contributed by atoms with Crippen LogP contribution in [0.4, 0.5) is 5.69 Å². The third-order valence-corrected chi connectivity index (χ3v) is 4.33. The van der Waals surface area contributed by atoms with Crippen molar-refractivity contribution in [3.63, 3.8) is 0 Å². The van der Waals surface area contributed by atoms with Gasteiger partial charge >= 0.3 is 5.69 Å². The lowest BCUT2D eigenvalue weighted by Gasteiger charge is -2.18. The highest BCUT2D eigenvalue weighted by atomic mass is 32.2. The van der Waals surface area contributed by atoms with Crippen LogP contribution >= 0.6 is 0 Å². The number of rotatable bonds is 7. The molecule has 1 aromatic carbocycles. The van der Waals surface area contributed by atoms with Crippen LogP contribution in [0, 0.1) is 16.0 Å². The molecule has 21 heavy (non-hydrogen) atoms. The van der Waals surface area contributed by atoms with Gasteiger partial charge < -0.3 is 10.8 Å². The minimum absolute atomic E-state index is 0.123. The largest absolute Gasteiger partial charge is 0.502 e. The van der Waals surface area contributed by atoms with Gasteiger partial charge in [-0.1, -0.05) is 13.8 Å². The van der Waals surface area contributed by atoms with Gasteiger partial charge in [0.25, 0.3) is 0 Å². The summed E-state index contributed by atoms with van der Waals surface area (Å²) in [5.41, 5.74) is 4.87. The Kier molecular flexibility index (Phi) is 5.64. The quantitative estimate of drug-likeness (QED) is 0.506. The van der Waals surface area contributed by atoms with Gasteiger partial charge in [0.15, 0.2) is 5.75 Å². The molecular weight excluding hydrogens is 298 g/mol. The number of hydrogen-bond acceptors (Lipinski definition) is 6. The minimum Gasteiger partial charge on any atom is -0.502 e. The molecule has 1 atom stereocenters. The van der Waals surface area contributed by atoms with E-state index in [9.17, 15) is 23.6 Å². The van der Waals surface area contributed by atoms with Gasteiger partial charge in [-0.15, -0.1) is 0 Å². The third kappa shape index (κ3) is 4.66. The molecule has 0 saturated carbocycles. The van der Waals surface area contributed by atoms with Crippen molar-refractivity contribution in [1.29, 1.82) is 0 Å². The van der Waals surface area contributed by atoms with Crippen molar-refractivity contribution in [1.82, 2.24) is 4.72 Å². The maximum absolute atomic E-state index is 12.2. The molecule has 1 rings (SSSR count). The molecule has 0 aromatic heterocycles. The SMILES string of the molecule is CC(C)CC(CN)NS(=O)(=O)c1ccc(O)c([N+](=O)[O-])c1. The van der Waals surface area contributed by atoms with Crippen LogP contribution in [0.15, 0.2) is 23.1 Å². The van der Waals surface area contributed by atoms with E-state index in [2.05, 4.69) is 4.72 Å². The molecule has 4 N–H and O–H groups in total. The lowest BCUT2D eigenvalue weighted by Crippen LogP contribution is -2.40. The summed E-state index contributed by atoms with van der Waals surface area (Å²) in [5.74, 6) is -0.341. The minimum atomic E-state index is -3.94. The van der Waals surface area contributed by atoms with Gasteiger partial charge in [0.1, 0.15) is 0 Å². The molecule has 1 aromatic rings. The second kappa shape index (κ2) is 6.83. The Morgan fingerprint density at radius 1 is 1.43 bits per heavy atom. The molecule has 0 heterocycles. The zero-order valence-corrected chi connectivity index (χ0v) is 12.6. The van der Waals surface area contributed by atoms with Gasteiger partial charge in [0.2, 0.25) is 10.0 Å². The monoisotopic (exact) mass is 317 g/mol. The van der Waals surface area contributed by atoms with Crippen LogP contribution < -0.4 is 10.5 Å². The molecule has 0 fully saturated rings. The Hall–Kier alpha value is -1.71. The van der Waals surface area contributed by atoms with Crippen molar-refractivity contribution in [2.75, 3.05) is 6.54 Å². The van der Waals surface area contributed by atoms with Gasteiger partial charge in [-0.3, -0.25) is 10.1 Å². The summed E-state index contributed by atoms with van der Waals surface area (Å²) in [4.78, 5) is 9.61. The molecule has 0 aliphatic rings. The van der Waals surface area contributed by atoms with Gasteiger partial charge in [-0.05, 0) is 24.5 Å². The lowest BCUT2D eigenvalue weighted by molar-refractivity contribution is -0.386. The van der Waals surface area contributed by atoms with Crippen molar-refractivity contribution in [2.24, 2.45) is 11.7 Å². The third-order valence-electron chi connectivity index (χ3n) is 2.82. The molecule has 118 valence electrons. The highest BCUT2D eigenvalue weighted by Crippen LogP contribution is 2.28. The maximum atomic E-state index is 12.2. The summed E-state index contributed by atoms with van der Waals surface area (Å²) in [6, 6.07) is 2.45. The van der Waals surface area contributed by atoms with Gasteiger partial charge in [0, 0.05) is 18.7 Å². The smallest absolute Gasteiger partial charge is 0.312 e. The lowest BCUT2D eigenvalue weighted by atomic mass is 10.1. The molecule has 0 saturated heterocycles. The Morgan fingerprint density at radius 2 is 2.05 bits per heavy atom. The van der Waals surface area contributed by atoms with Crippen LogP contribution in [0.1, 0.15) is 20.3 Å². The standard InChI is InChI=1S/C12H19N3O5S/c1-8(2)5-9(7-13)14-21(19,20)10-3-4-12(16)11(6-10)15(17)18/h3-4,6,8-9,14,16H,5,7,13H2,1-2H3. The number of nitrogens with one attached hydrogen (secondary N) is 1. The van der Waals surface area contributed by atoms with Crippen LogP contribution in [-0.4, -0.2) is 31.0 Å². The highest BCUT2D eigenvalue weighted by molar-refractivity contribution is 7.89. The van der Waals surface area contributed by atoms with E-state index in [4.69, 9.17) is 5.73 Å². The Balaban J connectivity index is 3.07. The number of benzene rings is 1. The van der Waals surface area contributed by atoms with E-state index in [0.717, 1.165) is 18.2 Å². The molecule has 0 bridgehead atoms. The number of nitrogens with zero attached hydrogens (tertiary/aromatic N) is 1. The van der Waals surface area contributed by atoms with Crippen LogP contribution in [0.3, 0.4) is 0 Å². The van der Waals surface area contributed by atoms with E-state index in [-0.39, 0.29) is 17.4 Å². The summed E-state index contributed by atoms with van der Waals surface area (Å²) in [6.07, 6.45) is 0.551. The maximum Gasteiger partial charge on any atom is 0.312 e. The molecule has 0 aliphatic carbocycles. The van der Waals surface area contributed by atoms with Crippen LogP contribution in [0.2, 0.25) is 0 Å². The Morgan fingerprint density at radius 3 is 2.52 bits per heavy atom. The second-order valence-corrected chi connectivity index (χ2v) is 6.81. The normalized spacial score (nSPS) is 13.3. The molecule has 0 spiro atoms. The Bertz CT molecular complexity index is 615. The van der Waals surface area contributed by atoms with Gasteiger partial charge in [-0.2, -0.15) is 0 Å². The number of phenolic OH excluding ortho intramolecular Hbond substituents is 1. The molecule has 0 aliphatic heterocycles. The Labute approximate surface area is 123 Å². The first-order valence-electron chi connectivity index (χ1n) is 6.37. The molecule has 0 radical (unpaired) electrons. The average Bonchev–Trinajstić information content (AvgIpc) is 2.36. The second-order valence-electron chi connectivity index (χ2n) is 5.09. The number of nitrogens with two attached hydrogens (primary N) is 1. The summed E-state index contributed by atoms with van der Waals surface area (Å²) >= 11 is 0. The number of nitro benzene ring substituents is 1. The summed E-state index contributed by atoms with van der Waals surface area (Å²) in [5, 5.41) is 20.1. The van der Waals surface area contributed by atoms with E-state index in [1.54, 1.807) is 0 Å². The molecule has 8 nitrogen and oxygen atoms in total. The number of phenols is 1. The number of hydrogen-bond donors (Lipinski definition) is 3. The number of sulfonamides is 1. The van der Waals surface area contributed by atoms with Crippen LogP contribution in [0.5, 0.6) is 5.75 Å². The van der Waals surface area contributed by atoms with Crippen molar-refractivity contribution in [2.45, 2.75) is 31.2 Å². The van der Waals surface area contributed by atoms with Crippen molar-refractivity contribution < 1.29 is 18.4 Å². The van der Waals surface area contributed by atoms with Gasteiger partial charge in [0.05, 0.1) is 9.82 Å². The molecular formula is C12H19N3O5S. The first kappa shape index (κ1) is 17.3. The number of aromatic hydroxyl groups is 1. The van der Waals surface area contributed by atoms with E-state index >= 15 is 0 Å². The topological polar surface area (TPSA) is 136 Å².